The minimum Gasteiger partial charge on any atom is -0.324 e. The first-order valence-electron chi connectivity index (χ1n) is 3.34. The van der Waals surface area contributed by atoms with E-state index in [1.54, 1.807) is 18.2 Å². The fourth-order valence-electron chi connectivity index (χ4n) is 0.829. The summed E-state index contributed by atoms with van der Waals surface area (Å²) in [6, 6.07) is 4.89. The summed E-state index contributed by atoms with van der Waals surface area (Å²) >= 11 is 11.4. The van der Waals surface area contributed by atoms with Crippen LogP contribution in [0, 0.1) is 0 Å². The van der Waals surface area contributed by atoms with E-state index in [9.17, 15) is 4.79 Å². The number of halogens is 2. The van der Waals surface area contributed by atoms with Crippen LogP contribution in [0.25, 0.3) is 0 Å². The Morgan fingerprint density at radius 1 is 1.42 bits per heavy atom. The molecule has 0 aliphatic rings. The first kappa shape index (κ1) is 9.52. The van der Waals surface area contributed by atoms with Crippen molar-refractivity contribution in [2.75, 3.05) is 6.54 Å². The van der Waals surface area contributed by atoms with Crippen molar-refractivity contribution >= 4 is 29.0 Å². The van der Waals surface area contributed by atoms with Crippen molar-refractivity contribution in [3.05, 3.63) is 33.8 Å². The predicted octanol–water partition coefficient (Wildman–Crippen LogP) is 2.13. The molecule has 1 aromatic carbocycles. The van der Waals surface area contributed by atoms with Gasteiger partial charge < -0.3 is 5.73 Å². The summed E-state index contributed by atoms with van der Waals surface area (Å²) in [5, 5.41) is 0.644. The van der Waals surface area contributed by atoms with E-state index in [-0.39, 0.29) is 17.4 Å². The Hall–Kier alpha value is -0.570. The lowest BCUT2D eigenvalue weighted by Crippen LogP contribution is -2.13. The van der Waals surface area contributed by atoms with E-state index < -0.39 is 0 Å². The summed E-state index contributed by atoms with van der Waals surface area (Å²) in [4.78, 5) is 11.1. The molecule has 2 nitrogen and oxygen atoms in total. The van der Waals surface area contributed by atoms with Gasteiger partial charge in [0.2, 0.25) is 0 Å². The lowest BCUT2D eigenvalue weighted by atomic mass is 10.1. The number of ketones is 1. The van der Waals surface area contributed by atoms with Crippen molar-refractivity contribution in [2.45, 2.75) is 0 Å². The lowest BCUT2D eigenvalue weighted by molar-refractivity contribution is 0.100. The van der Waals surface area contributed by atoms with Crippen molar-refractivity contribution in [1.82, 2.24) is 0 Å². The Bertz CT molecular complexity index is 312. The molecule has 0 fully saturated rings. The fourth-order valence-corrected chi connectivity index (χ4v) is 1.24. The van der Waals surface area contributed by atoms with Crippen LogP contribution in [0.15, 0.2) is 18.2 Å². The number of Topliss-reactive ketones (excluding diaryl/α,β-unsaturated/α-hetero) is 1. The number of nitrogens with two attached hydrogens (primary N) is 1. The second-order valence-electron chi connectivity index (χ2n) is 2.23. The fraction of sp³-hybridized carbons (Fsp3) is 0.125. The number of hydrogen-bond donors (Lipinski definition) is 1. The van der Waals surface area contributed by atoms with Gasteiger partial charge in [-0.3, -0.25) is 4.79 Å². The average Bonchev–Trinajstić information content (AvgIpc) is 2.08. The molecule has 0 amide bonds. The van der Waals surface area contributed by atoms with E-state index in [1.165, 1.54) is 0 Å². The molecular weight excluding hydrogens is 197 g/mol. The first-order valence-corrected chi connectivity index (χ1v) is 4.09. The third-order valence-electron chi connectivity index (χ3n) is 1.44. The lowest BCUT2D eigenvalue weighted by Gasteiger charge is -2.01. The number of carbonyl (C=O) groups is 1. The quantitative estimate of drug-likeness (QED) is 0.749. The van der Waals surface area contributed by atoms with Crippen LogP contribution in [0.2, 0.25) is 10.0 Å². The van der Waals surface area contributed by atoms with Gasteiger partial charge in [0.15, 0.2) is 5.78 Å². The number of hydrogen-bond acceptors (Lipinski definition) is 2. The Balaban J connectivity index is 3.16. The highest BCUT2D eigenvalue weighted by atomic mass is 35.5. The minimum atomic E-state index is -0.206. The molecule has 0 saturated heterocycles. The van der Waals surface area contributed by atoms with E-state index in [1.807, 2.05) is 0 Å². The Morgan fingerprint density at radius 2 is 2.08 bits per heavy atom. The normalized spacial score (nSPS) is 9.92. The molecule has 0 heterocycles. The number of carbonyl (C=O) groups excluding carboxylic acids is 1. The largest absolute Gasteiger partial charge is 0.324 e. The summed E-state index contributed by atoms with van der Waals surface area (Å²) in [5.41, 5.74) is 5.55. The molecule has 0 aromatic heterocycles. The third kappa shape index (κ3) is 1.78. The topological polar surface area (TPSA) is 43.1 Å². The maximum absolute atomic E-state index is 11.1. The zero-order valence-electron chi connectivity index (χ0n) is 6.18. The highest BCUT2D eigenvalue weighted by Gasteiger charge is 2.09. The first-order chi connectivity index (χ1) is 5.66. The Labute approximate surface area is 80.3 Å². The number of benzene rings is 1. The van der Waals surface area contributed by atoms with E-state index in [2.05, 4.69) is 0 Å². The van der Waals surface area contributed by atoms with Crippen LogP contribution in [0.3, 0.4) is 0 Å². The molecule has 0 aliphatic heterocycles. The highest BCUT2D eigenvalue weighted by molar-refractivity contribution is 6.43. The van der Waals surface area contributed by atoms with Crippen molar-refractivity contribution in [1.29, 1.82) is 0 Å². The molecule has 0 atom stereocenters. The van der Waals surface area contributed by atoms with Crippen LogP contribution in [0.1, 0.15) is 10.4 Å². The molecular formula is C8H7Cl2NO. The summed E-state index contributed by atoms with van der Waals surface area (Å²) in [5.74, 6) is -0.206. The Kier molecular flexibility index (Phi) is 3.09. The molecule has 0 unspecified atom stereocenters. The Morgan fingerprint density at radius 3 is 2.67 bits per heavy atom. The summed E-state index contributed by atoms with van der Waals surface area (Å²) in [6.45, 7) is -0.0555. The molecule has 0 saturated carbocycles. The molecule has 0 spiro atoms. The predicted molar refractivity (Wildman–Crippen MR) is 49.8 cm³/mol. The maximum Gasteiger partial charge on any atom is 0.177 e. The van der Waals surface area contributed by atoms with Gasteiger partial charge in [0.05, 0.1) is 16.6 Å². The van der Waals surface area contributed by atoms with Crippen molar-refractivity contribution in [3.63, 3.8) is 0 Å². The maximum atomic E-state index is 11.1. The van der Waals surface area contributed by atoms with Gasteiger partial charge in [-0.2, -0.15) is 0 Å². The monoisotopic (exact) mass is 203 g/mol. The molecule has 4 heteroatoms. The van der Waals surface area contributed by atoms with E-state index in [0.717, 1.165) is 0 Å². The van der Waals surface area contributed by atoms with Gasteiger partial charge in [-0.25, -0.2) is 0 Å². The number of rotatable bonds is 2. The van der Waals surface area contributed by atoms with E-state index in [4.69, 9.17) is 28.9 Å². The van der Waals surface area contributed by atoms with Gasteiger partial charge in [0, 0.05) is 5.56 Å². The highest BCUT2D eigenvalue weighted by Crippen LogP contribution is 2.25. The van der Waals surface area contributed by atoms with Crippen molar-refractivity contribution in [2.24, 2.45) is 5.73 Å². The van der Waals surface area contributed by atoms with Gasteiger partial charge >= 0.3 is 0 Å². The molecule has 2 N–H and O–H groups in total. The summed E-state index contributed by atoms with van der Waals surface area (Å²) < 4.78 is 0. The van der Waals surface area contributed by atoms with Gasteiger partial charge in [-0.15, -0.1) is 0 Å². The van der Waals surface area contributed by atoms with Crippen LogP contribution in [0.4, 0.5) is 0 Å². The van der Waals surface area contributed by atoms with E-state index in [0.29, 0.717) is 10.6 Å². The van der Waals surface area contributed by atoms with E-state index >= 15 is 0 Å². The van der Waals surface area contributed by atoms with Crippen LogP contribution in [-0.2, 0) is 0 Å². The van der Waals surface area contributed by atoms with Crippen molar-refractivity contribution < 1.29 is 4.79 Å². The van der Waals surface area contributed by atoms with Crippen LogP contribution < -0.4 is 5.73 Å². The molecule has 0 radical (unpaired) electrons. The standard InChI is InChI=1S/C8H7Cl2NO/c9-6-3-1-2-5(8(6)10)7(12)4-11/h1-3H,4,11H2. The molecule has 0 bridgehead atoms. The van der Waals surface area contributed by atoms with Crippen molar-refractivity contribution in [3.8, 4) is 0 Å². The molecule has 1 aromatic rings. The van der Waals surface area contributed by atoms with Gasteiger partial charge in [0.1, 0.15) is 0 Å². The van der Waals surface area contributed by atoms with Crippen LogP contribution >= 0.6 is 23.2 Å². The van der Waals surface area contributed by atoms with Crippen LogP contribution in [0.5, 0.6) is 0 Å². The minimum absolute atomic E-state index is 0.0555. The molecule has 64 valence electrons. The zero-order valence-corrected chi connectivity index (χ0v) is 7.69. The van der Waals surface area contributed by atoms with Gasteiger partial charge in [0.25, 0.3) is 0 Å². The van der Waals surface area contributed by atoms with Gasteiger partial charge in [-0.05, 0) is 12.1 Å². The smallest absolute Gasteiger partial charge is 0.177 e. The summed E-state index contributed by atoms with van der Waals surface area (Å²) in [6.07, 6.45) is 0. The average molecular weight is 204 g/mol. The second-order valence-corrected chi connectivity index (χ2v) is 3.01. The summed E-state index contributed by atoms with van der Waals surface area (Å²) in [7, 11) is 0. The SMILES string of the molecule is NCC(=O)c1cccc(Cl)c1Cl. The third-order valence-corrected chi connectivity index (χ3v) is 2.26. The molecule has 0 aliphatic carbocycles. The molecule has 1 rings (SSSR count). The second kappa shape index (κ2) is 3.90. The molecule has 12 heavy (non-hydrogen) atoms. The van der Waals surface area contributed by atoms with Crippen LogP contribution in [-0.4, -0.2) is 12.3 Å². The van der Waals surface area contributed by atoms with Gasteiger partial charge in [-0.1, -0.05) is 29.3 Å². The zero-order chi connectivity index (χ0) is 9.14.